The Morgan fingerprint density at radius 3 is 2.35 bits per heavy atom. The number of sulfonamides is 1. The summed E-state index contributed by atoms with van der Waals surface area (Å²) in [6.07, 6.45) is 1.07. The summed E-state index contributed by atoms with van der Waals surface area (Å²) < 4.78 is 25.4. The lowest BCUT2D eigenvalue weighted by Gasteiger charge is -2.09. The van der Waals surface area contributed by atoms with Crippen LogP contribution in [0.15, 0.2) is 29.2 Å². The average Bonchev–Trinajstić information content (AvgIpc) is 2.77. The van der Waals surface area contributed by atoms with E-state index in [0.717, 1.165) is 11.3 Å². The summed E-state index contributed by atoms with van der Waals surface area (Å²) in [4.78, 5) is 0.172. The van der Waals surface area contributed by atoms with E-state index in [1.54, 1.807) is 4.68 Å². The maximum absolute atomic E-state index is 11.8. The van der Waals surface area contributed by atoms with Crippen LogP contribution in [0.4, 0.5) is 0 Å². The van der Waals surface area contributed by atoms with Gasteiger partial charge in [0.15, 0.2) is 0 Å². The quantitative estimate of drug-likeness (QED) is 0.936. The van der Waals surface area contributed by atoms with Gasteiger partial charge in [0.2, 0.25) is 10.0 Å². The second-order valence-corrected chi connectivity index (χ2v) is 6.17. The first-order valence-corrected chi connectivity index (χ1v) is 8.14. The number of primary sulfonamides is 1. The molecule has 2 N–H and O–H groups in total. The summed E-state index contributed by atoms with van der Waals surface area (Å²) in [7, 11) is -3.77. The van der Waals surface area contributed by atoms with Gasteiger partial charge >= 0.3 is 0 Å². The van der Waals surface area contributed by atoms with Crippen LogP contribution in [-0.2, 0) is 22.9 Å². The van der Waals surface area contributed by atoms with Crippen molar-refractivity contribution in [1.29, 1.82) is 0 Å². The molecule has 108 valence electrons. The molecule has 0 aliphatic carbocycles. The van der Waals surface area contributed by atoms with Crippen molar-refractivity contribution in [1.82, 2.24) is 9.78 Å². The minimum Gasteiger partial charge on any atom is -0.236 e. The molecule has 0 saturated carbocycles. The molecule has 1 heterocycles. The van der Waals surface area contributed by atoms with Crippen LogP contribution in [0, 0.1) is 6.92 Å². The van der Waals surface area contributed by atoms with Gasteiger partial charge in [0.1, 0.15) is 4.90 Å². The van der Waals surface area contributed by atoms with Gasteiger partial charge < -0.3 is 0 Å². The number of para-hydroxylation sites is 1. The molecule has 0 unspecified atom stereocenters. The van der Waals surface area contributed by atoms with Crippen LogP contribution in [0.1, 0.15) is 30.8 Å². The van der Waals surface area contributed by atoms with Crippen LogP contribution in [0.2, 0.25) is 0 Å². The summed E-state index contributed by atoms with van der Waals surface area (Å²) in [5, 5.41) is 9.81. The van der Waals surface area contributed by atoms with E-state index in [9.17, 15) is 8.42 Å². The molecular formula is C14H19N3O2S. The van der Waals surface area contributed by atoms with E-state index in [1.807, 2.05) is 45.0 Å². The zero-order valence-corrected chi connectivity index (χ0v) is 12.7. The Kier molecular flexibility index (Phi) is 3.96. The summed E-state index contributed by atoms with van der Waals surface area (Å²) in [5.74, 6) is 0. The molecule has 6 heteroatoms. The van der Waals surface area contributed by atoms with Crippen molar-refractivity contribution in [3.8, 4) is 5.69 Å². The predicted octanol–water partition coefficient (Wildman–Crippen LogP) is 1.95. The lowest BCUT2D eigenvalue weighted by Crippen LogP contribution is -2.16. The smallest absolute Gasteiger partial charge is 0.236 e. The molecular weight excluding hydrogens is 274 g/mol. The van der Waals surface area contributed by atoms with Crippen LogP contribution in [-0.4, -0.2) is 18.2 Å². The maximum Gasteiger partial charge on any atom is 0.241 e. The van der Waals surface area contributed by atoms with Crippen molar-refractivity contribution in [3.05, 3.63) is 41.2 Å². The van der Waals surface area contributed by atoms with E-state index >= 15 is 0 Å². The highest BCUT2D eigenvalue weighted by atomic mass is 32.2. The third-order valence-corrected chi connectivity index (χ3v) is 4.34. The van der Waals surface area contributed by atoms with E-state index in [4.69, 9.17) is 5.14 Å². The van der Waals surface area contributed by atoms with Crippen LogP contribution < -0.4 is 5.14 Å². The van der Waals surface area contributed by atoms with Crippen molar-refractivity contribution in [2.24, 2.45) is 5.14 Å². The highest BCUT2D eigenvalue weighted by Gasteiger charge is 2.25. The molecule has 0 fully saturated rings. The molecule has 2 rings (SSSR count). The topological polar surface area (TPSA) is 78.0 Å². The standard InChI is InChI=1S/C14H19N3O2S/c1-4-11-14(20(15,18)19)12(5-2)17(16-11)13-9-7-6-8-10(13)3/h6-9H,4-5H2,1-3H3,(H2,15,18,19). The van der Waals surface area contributed by atoms with Crippen molar-refractivity contribution in [3.63, 3.8) is 0 Å². The number of rotatable bonds is 4. The highest BCUT2D eigenvalue weighted by molar-refractivity contribution is 7.89. The van der Waals surface area contributed by atoms with Crippen molar-refractivity contribution < 1.29 is 8.42 Å². The Labute approximate surface area is 119 Å². The van der Waals surface area contributed by atoms with Crippen LogP contribution in [0.25, 0.3) is 5.69 Å². The molecule has 0 amide bonds. The van der Waals surface area contributed by atoms with E-state index in [2.05, 4.69) is 5.10 Å². The van der Waals surface area contributed by atoms with Gasteiger partial charge in [0.05, 0.1) is 17.1 Å². The lowest BCUT2D eigenvalue weighted by atomic mass is 10.2. The molecule has 20 heavy (non-hydrogen) atoms. The van der Waals surface area contributed by atoms with Gasteiger partial charge in [0.25, 0.3) is 0 Å². The Morgan fingerprint density at radius 2 is 1.85 bits per heavy atom. The first-order chi connectivity index (χ1) is 9.40. The second-order valence-electron chi connectivity index (χ2n) is 4.67. The molecule has 0 spiro atoms. The number of nitrogens with two attached hydrogens (primary N) is 1. The van der Waals surface area contributed by atoms with Gasteiger partial charge in [0, 0.05) is 0 Å². The molecule has 1 aromatic heterocycles. The molecule has 1 aromatic carbocycles. The third kappa shape index (κ3) is 2.48. The van der Waals surface area contributed by atoms with E-state index in [1.165, 1.54) is 0 Å². The number of hydrogen-bond acceptors (Lipinski definition) is 3. The predicted molar refractivity (Wildman–Crippen MR) is 78.4 cm³/mol. The molecule has 0 saturated heterocycles. The second kappa shape index (κ2) is 5.38. The molecule has 0 aliphatic heterocycles. The molecule has 0 bridgehead atoms. The van der Waals surface area contributed by atoms with Crippen molar-refractivity contribution in [2.75, 3.05) is 0 Å². The van der Waals surface area contributed by atoms with Gasteiger partial charge in [-0.1, -0.05) is 32.0 Å². The number of aryl methyl sites for hydroxylation is 2. The average molecular weight is 293 g/mol. The van der Waals surface area contributed by atoms with Gasteiger partial charge in [-0.25, -0.2) is 18.2 Å². The molecule has 0 aliphatic rings. The Balaban J connectivity index is 2.80. The molecule has 2 aromatic rings. The molecule has 5 nitrogen and oxygen atoms in total. The zero-order valence-electron chi connectivity index (χ0n) is 11.9. The fourth-order valence-corrected chi connectivity index (χ4v) is 3.43. The number of nitrogens with zero attached hydrogens (tertiary/aromatic N) is 2. The molecule has 0 radical (unpaired) electrons. The van der Waals surface area contributed by atoms with Gasteiger partial charge in [-0.3, -0.25) is 0 Å². The van der Waals surface area contributed by atoms with Gasteiger partial charge in [-0.15, -0.1) is 0 Å². The SMILES string of the molecule is CCc1nn(-c2ccccc2C)c(CC)c1S(N)(=O)=O. The number of hydrogen-bond donors (Lipinski definition) is 1. The summed E-state index contributed by atoms with van der Waals surface area (Å²) in [6.45, 7) is 5.75. The van der Waals surface area contributed by atoms with E-state index in [0.29, 0.717) is 24.2 Å². The van der Waals surface area contributed by atoms with E-state index < -0.39 is 10.0 Å². The summed E-state index contributed by atoms with van der Waals surface area (Å²) in [5.41, 5.74) is 3.08. The first kappa shape index (κ1) is 14.7. The Hall–Kier alpha value is -1.66. The third-order valence-electron chi connectivity index (χ3n) is 3.30. The zero-order chi connectivity index (χ0) is 14.9. The number of benzene rings is 1. The highest BCUT2D eigenvalue weighted by Crippen LogP contribution is 2.25. The lowest BCUT2D eigenvalue weighted by molar-refractivity contribution is 0.595. The van der Waals surface area contributed by atoms with Crippen LogP contribution in [0.5, 0.6) is 0 Å². The maximum atomic E-state index is 11.8. The largest absolute Gasteiger partial charge is 0.241 e. The van der Waals surface area contributed by atoms with Crippen LogP contribution >= 0.6 is 0 Å². The Bertz CT molecular complexity index is 733. The number of aromatic nitrogens is 2. The first-order valence-electron chi connectivity index (χ1n) is 6.59. The minimum absolute atomic E-state index is 0.172. The fraction of sp³-hybridized carbons (Fsp3) is 0.357. The summed E-state index contributed by atoms with van der Waals surface area (Å²) in [6, 6.07) is 7.74. The van der Waals surface area contributed by atoms with Crippen molar-refractivity contribution in [2.45, 2.75) is 38.5 Å². The molecule has 0 atom stereocenters. The summed E-state index contributed by atoms with van der Waals surface area (Å²) >= 11 is 0. The van der Waals surface area contributed by atoms with Crippen LogP contribution in [0.3, 0.4) is 0 Å². The van der Waals surface area contributed by atoms with Crippen molar-refractivity contribution >= 4 is 10.0 Å². The van der Waals surface area contributed by atoms with Gasteiger partial charge in [-0.05, 0) is 31.4 Å². The monoisotopic (exact) mass is 293 g/mol. The van der Waals surface area contributed by atoms with E-state index in [-0.39, 0.29) is 4.90 Å². The minimum atomic E-state index is -3.77. The van der Waals surface area contributed by atoms with Gasteiger partial charge in [-0.2, -0.15) is 5.10 Å². The Morgan fingerprint density at radius 1 is 1.20 bits per heavy atom. The fourth-order valence-electron chi connectivity index (χ4n) is 2.36. The normalized spacial score (nSPS) is 11.8.